The summed E-state index contributed by atoms with van der Waals surface area (Å²) < 4.78 is 0. The summed E-state index contributed by atoms with van der Waals surface area (Å²) in [6.07, 6.45) is 0. The molecular weight excluding hydrogens is 329 g/mol. The molecule has 0 spiro atoms. The molecule has 0 fully saturated rings. The summed E-state index contributed by atoms with van der Waals surface area (Å²) in [5.41, 5.74) is 0.946. The van der Waals surface area contributed by atoms with Crippen molar-refractivity contribution in [3.8, 4) is 0 Å². The minimum atomic E-state index is -0.0271. The molecule has 21 heavy (non-hydrogen) atoms. The minimum absolute atomic E-state index is 0.0271. The Balaban J connectivity index is 2.25. The van der Waals surface area contributed by atoms with Crippen molar-refractivity contribution in [2.24, 2.45) is 0 Å². The number of benzene rings is 1. The Bertz CT molecular complexity index is 644. The first-order valence-electron chi connectivity index (χ1n) is 6.62. The molecule has 3 nitrogen and oxygen atoms in total. The SMILES string of the molecule is CC(C)c1nc(Cl)cc(NC(C)c2ccc(Cl)cc2Cl)n1. The van der Waals surface area contributed by atoms with E-state index in [1.54, 1.807) is 12.1 Å². The molecule has 6 heteroatoms. The van der Waals surface area contributed by atoms with Crippen LogP contribution in [-0.4, -0.2) is 9.97 Å². The van der Waals surface area contributed by atoms with Gasteiger partial charge in [-0.05, 0) is 24.6 Å². The van der Waals surface area contributed by atoms with Gasteiger partial charge in [0.15, 0.2) is 0 Å². The average molecular weight is 345 g/mol. The van der Waals surface area contributed by atoms with E-state index in [-0.39, 0.29) is 12.0 Å². The number of rotatable bonds is 4. The molecule has 1 unspecified atom stereocenters. The summed E-state index contributed by atoms with van der Waals surface area (Å²) in [4.78, 5) is 8.68. The first kappa shape index (κ1) is 16.3. The fourth-order valence-electron chi connectivity index (χ4n) is 1.92. The highest BCUT2D eigenvalue weighted by atomic mass is 35.5. The lowest BCUT2D eigenvalue weighted by molar-refractivity contribution is 0.768. The first-order valence-corrected chi connectivity index (χ1v) is 7.76. The molecule has 0 bridgehead atoms. The van der Waals surface area contributed by atoms with Crippen LogP contribution in [0.3, 0.4) is 0 Å². The summed E-state index contributed by atoms with van der Waals surface area (Å²) in [6.45, 7) is 6.05. The van der Waals surface area contributed by atoms with Crippen LogP contribution < -0.4 is 5.32 Å². The normalized spacial score (nSPS) is 12.5. The zero-order chi connectivity index (χ0) is 15.6. The van der Waals surface area contributed by atoms with Gasteiger partial charge in [0.2, 0.25) is 0 Å². The van der Waals surface area contributed by atoms with Crippen LogP contribution in [0.25, 0.3) is 0 Å². The van der Waals surface area contributed by atoms with Gasteiger partial charge in [0, 0.05) is 22.0 Å². The largest absolute Gasteiger partial charge is 0.363 e. The molecule has 0 amide bonds. The molecular formula is C15H16Cl3N3. The van der Waals surface area contributed by atoms with Gasteiger partial charge in [0.1, 0.15) is 16.8 Å². The maximum atomic E-state index is 6.22. The Kier molecular flexibility index (Phi) is 5.31. The standard InChI is InChI=1S/C15H16Cl3N3/c1-8(2)15-20-13(18)7-14(21-15)19-9(3)11-5-4-10(16)6-12(11)17/h4-9H,1-3H3,(H,19,20,21). The second-order valence-corrected chi connectivity index (χ2v) is 6.35. The van der Waals surface area contributed by atoms with Gasteiger partial charge in [-0.2, -0.15) is 0 Å². The third kappa shape index (κ3) is 4.22. The molecule has 0 saturated heterocycles. The van der Waals surface area contributed by atoms with Gasteiger partial charge >= 0.3 is 0 Å². The maximum absolute atomic E-state index is 6.22. The Hall–Kier alpha value is -1.03. The molecule has 0 saturated carbocycles. The summed E-state index contributed by atoms with van der Waals surface area (Å²) in [5.74, 6) is 1.59. The molecule has 1 aromatic carbocycles. The molecule has 1 aromatic heterocycles. The quantitative estimate of drug-likeness (QED) is 0.719. The lowest BCUT2D eigenvalue weighted by atomic mass is 10.1. The van der Waals surface area contributed by atoms with Gasteiger partial charge in [0.05, 0.1) is 6.04 Å². The van der Waals surface area contributed by atoms with Crippen LogP contribution in [0.2, 0.25) is 15.2 Å². The maximum Gasteiger partial charge on any atom is 0.135 e. The fourth-order valence-corrected chi connectivity index (χ4v) is 2.68. The highest BCUT2D eigenvalue weighted by Gasteiger charge is 2.13. The predicted molar refractivity (Wildman–Crippen MR) is 89.6 cm³/mol. The monoisotopic (exact) mass is 343 g/mol. The number of nitrogens with zero attached hydrogens (tertiary/aromatic N) is 2. The van der Waals surface area contributed by atoms with Crippen molar-refractivity contribution < 1.29 is 0 Å². The average Bonchev–Trinajstić information content (AvgIpc) is 2.37. The molecule has 0 aliphatic rings. The smallest absolute Gasteiger partial charge is 0.135 e. The van der Waals surface area contributed by atoms with Crippen molar-refractivity contribution in [3.05, 3.63) is 50.9 Å². The van der Waals surface area contributed by atoms with Crippen molar-refractivity contribution in [1.82, 2.24) is 9.97 Å². The third-order valence-electron chi connectivity index (χ3n) is 3.02. The van der Waals surface area contributed by atoms with Crippen molar-refractivity contribution in [3.63, 3.8) is 0 Å². The van der Waals surface area contributed by atoms with Gasteiger partial charge in [0.25, 0.3) is 0 Å². The van der Waals surface area contributed by atoms with Gasteiger partial charge in [-0.3, -0.25) is 0 Å². The number of halogens is 3. The van der Waals surface area contributed by atoms with Gasteiger partial charge in [-0.25, -0.2) is 9.97 Å². The minimum Gasteiger partial charge on any atom is -0.363 e. The summed E-state index contributed by atoms with van der Waals surface area (Å²) >= 11 is 18.2. The number of aromatic nitrogens is 2. The van der Waals surface area contributed by atoms with Crippen molar-refractivity contribution in [1.29, 1.82) is 0 Å². The van der Waals surface area contributed by atoms with Crippen molar-refractivity contribution in [2.75, 3.05) is 5.32 Å². The molecule has 0 radical (unpaired) electrons. The van der Waals surface area contributed by atoms with Crippen LogP contribution in [0.1, 0.15) is 44.1 Å². The molecule has 2 rings (SSSR count). The van der Waals surface area contributed by atoms with Crippen LogP contribution in [0, 0.1) is 0 Å². The van der Waals surface area contributed by atoms with Gasteiger partial charge in [-0.15, -0.1) is 0 Å². The van der Waals surface area contributed by atoms with E-state index in [4.69, 9.17) is 34.8 Å². The van der Waals surface area contributed by atoms with E-state index < -0.39 is 0 Å². The van der Waals surface area contributed by atoms with E-state index in [1.165, 1.54) is 0 Å². The Morgan fingerprint density at radius 3 is 2.33 bits per heavy atom. The molecule has 2 aromatic rings. The molecule has 1 atom stereocenters. The second-order valence-electron chi connectivity index (χ2n) is 5.12. The highest BCUT2D eigenvalue weighted by molar-refractivity contribution is 6.35. The lowest BCUT2D eigenvalue weighted by Gasteiger charge is -2.17. The Labute approximate surface area is 139 Å². The topological polar surface area (TPSA) is 37.8 Å². The summed E-state index contributed by atoms with van der Waals surface area (Å²) in [6, 6.07) is 7.11. The second kappa shape index (κ2) is 6.82. The van der Waals surface area contributed by atoms with Crippen LogP contribution in [-0.2, 0) is 0 Å². The van der Waals surface area contributed by atoms with Gasteiger partial charge in [-0.1, -0.05) is 54.7 Å². The van der Waals surface area contributed by atoms with Crippen LogP contribution >= 0.6 is 34.8 Å². The number of hydrogen-bond acceptors (Lipinski definition) is 3. The number of anilines is 1. The van der Waals surface area contributed by atoms with Crippen LogP contribution in [0.5, 0.6) is 0 Å². The van der Waals surface area contributed by atoms with Crippen molar-refractivity contribution >= 4 is 40.6 Å². The van der Waals surface area contributed by atoms with Crippen LogP contribution in [0.4, 0.5) is 5.82 Å². The fraction of sp³-hybridized carbons (Fsp3) is 0.333. The molecule has 0 aliphatic carbocycles. The van der Waals surface area contributed by atoms with E-state index in [1.807, 2.05) is 32.9 Å². The van der Waals surface area contributed by atoms with E-state index in [2.05, 4.69) is 15.3 Å². The molecule has 1 N–H and O–H groups in total. The molecule has 112 valence electrons. The van der Waals surface area contributed by atoms with Crippen LogP contribution in [0.15, 0.2) is 24.3 Å². The molecule has 1 heterocycles. The van der Waals surface area contributed by atoms with E-state index in [9.17, 15) is 0 Å². The van der Waals surface area contributed by atoms with E-state index >= 15 is 0 Å². The summed E-state index contributed by atoms with van der Waals surface area (Å²) in [7, 11) is 0. The zero-order valence-electron chi connectivity index (χ0n) is 12.0. The lowest BCUT2D eigenvalue weighted by Crippen LogP contribution is -2.10. The van der Waals surface area contributed by atoms with E-state index in [0.29, 0.717) is 26.8 Å². The molecule has 0 aliphatic heterocycles. The van der Waals surface area contributed by atoms with Crippen molar-refractivity contribution in [2.45, 2.75) is 32.7 Å². The van der Waals surface area contributed by atoms with E-state index in [0.717, 1.165) is 5.56 Å². The first-order chi connectivity index (χ1) is 9.86. The highest BCUT2D eigenvalue weighted by Crippen LogP contribution is 2.28. The zero-order valence-corrected chi connectivity index (χ0v) is 14.3. The predicted octanol–water partition coefficient (Wildman–Crippen LogP) is 5.73. The Morgan fingerprint density at radius 2 is 1.71 bits per heavy atom. The number of hydrogen-bond donors (Lipinski definition) is 1. The number of nitrogens with one attached hydrogen (secondary N) is 1. The van der Waals surface area contributed by atoms with Gasteiger partial charge < -0.3 is 5.32 Å². The Morgan fingerprint density at radius 1 is 1.00 bits per heavy atom. The summed E-state index contributed by atoms with van der Waals surface area (Å²) in [5, 5.41) is 4.94. The third-order valence-corrected chi connectivity index (χ3v) is 3.78.